The largest absolute Gasteiger partial charge is 0.469 e. The van der Waals surface area contributed by atoms with E-state index in [1.54, 1.807) is 0 Å². The molecule has 15 heavy (non-hydrogen) atoms. The molecule has 1 rings (SSSR count). The van der Waals surface area contributed by atoms with Gasteiger partial charge in [0.15, 0.2) is 0 Å². The Kier molecular flexibility index (Phi) is 4.08. The highest BCUT2D eigenvalue weighted by Crippen LogP contribution is 2.11. The van der Waals surface area contributed by atoms with Crippen molar-refractivity contribution in [3.8, 4) is 0 Å². The first-order valence-electron chi connectivity index (χ1n) is 5.19. The Morgan fingerprint density at radius 2 is 2.33 bits per heavy atom. The minimum absolute atomic E-state index is 0.0824. The van der Waals surface area contributed by atoms with Crippen LogP contribution in [0.15, 0.2) is 0 Å². The number of rotatable bonds is 3. The van der Waals surface area contributed by atoms with Crippen molar-refractivity contribution in [3.05, 3.63) is 0 Å². The number of likely N-dealkylation sites (N-methyl/N-ethyl adjacent to an activating group) is 1. The molecule has 1 aliphatic heterocycles. The fraction of sp³-hybridized carbons (Fsp3) is 0.800. The number of piperazine rings is 1. The molecule has 0 radical (unpaired) electrons. The van der Waals surface area contributed by atoms with Gasteiger partial charge in [-0.25, -0.2) is 0 Å². The first-order valence-corrected chi connectivity index (χ1v) is 5.19. The summed E-state index contributed by atoms with van der Waals surface area (Å²) in [5, 5.41) is 2.83. The summed E-state index contributed by atoms with van der Waals surface area (Å²) < 4.78 is 4.58. The van der Waals surface area contributed by atoms with Crippen LogP contribution >= 0.6 is 0 Å². The Morgan fingerprint density at radius 1 is 1.67 bits per heavy atom. The predicted molar refractivity (Wildman–Crippen MR) is 55.3 cm³/mol. The summed E-state index contributed by atoms with van der Waals surface area (Å²) in [6, 6.07) is -0.231. The fourth-order valence-electron chi connectivity index (χ4n) is 1.84. The van der Waals surface area contributed by atoms with Crippen LogP contribution in [-0.2, 0) is 14.3 Å². The van der Waals surface area contributed by atoms with E-state index in [-0.39, 0.29) is 30.4 Å². The van der Waals surface area contributed by atoms with E-state index < -0.39 is 0 Å². The molecule has 0 aromatic rings. The van der Waals surface area contributed by atoms with E-state index >= 15 is 0 Å². The zero-order valence-corrected chi connectivity index (χ0v) is 9.45. The zero-order chi connectivity index (χ0) is 11.4. The standard InChI is InChI=1S/C10H18N2O3/c1-4-12-6-7(2)11-10(14)8(12)5-9(13)15-3/h7-8H,4-6H2,1-3H3,(H,11,14). The van der Waals surface area contributed by atoms with Crippen molar-refractivity contribution in [3.63, 3.8) is 0 Å². The van der Waals surface area contributed by atoms with Crippen LogP contribution in [0.1, 0.15) is 20.3 Å². The van der Waals surface area contributed by atoms with Crippen molar-refractivity contribution < 1.29 is 14.3 Å². The molecule has 0 aromatic heterocycles. The zero-order valence-electron chi connectivity index (χ0n) is 9.45. The average Bonchev–Trinajstić information content (AvgIpc) is 2.21. The lowest BCUT2D eigenvalue weighted by atomic mass is 10.1. The second-order valence-corrected chi connectivity index (χ2v) is 3.79. The van der Waals surface area contributed by atoms with Crippen molar-refractivity contribution in [2.75, 3.05) is 20.2 Å². The smallest absolute Gasteiger partial charge is 0.307 e. The Hall–Kier alpha value is -1.10. The van der Waals surface area contributed by atoms with Crippen LogP contribution in [0.4, 0.5) is 0 Å². The van der Waals surface area contributed by atoms with Crippen LogP contribution in [0.2, 0.25) is 0 Å². The van der Waals surface area contributed by atoms with Gasteiger partial charge in [0.1, 0.15) is 0 Å². The van der Waals surface area contributed by atoms with Gasteiger partial charge in [-0.05, 0) is 13.5 Å². The molecule has 5 heteroatoms. The molecule has 0 saturated carbocycles. The summed E-state index contributed by atoms with van der Waals surface area (Å²) in [5.74, 6) is -0.427. The van der Waals surface area contributed by atoms with Crippen LogP contribution in [-0.4, -0.2) is 49.1 Å². The molecule has 1 aliphatic rings. The van der Waals surface area contributed by atoms with Crippen LogP contribution in [0.5, 0.6) is 0 Å². The summed E-state index contributed by atoms with van der Waals surface area (Å²) in [7, 11) is 1.34. The number of ether oxygens (including phenoxy) is 1. The third-order valence-electron chi connectivity index (χ3n) is 2.63. The fourth-order valence-corrected chi connectivity index (χ4v) is 1.84. The van der Waals surface area contributed by atoms with E-state index in [0.717, 1.165) is 13.1 Å². The highest BCUT2D eigenvalue weighted by atomic mass is 16.5. The molecule has 1 fully saturated rings. The van der Waals surface area contributed by atoms with Crippen molar-refractivity contribution in [1.82, 2.24) is 10.2 Å². The van der Waals surface area contributed by atoms with Crippen LogP contribution in [0, 0.1) is 0 Å². The number of methoxy groups -OCH3 is 1. The molecule has 5 nitrogen and oxygen atoms in total. The second kappa shape index (κ2) is 5.11. The molecule has 86 valence electrons. The van der Waals surface area contributed by atoms with Gasteiger partial charge in [-0.1, -0.05) is 6.92 Å². The molecule has 2 unspecified atom stereocenters. The van der Waals surface area contributed by atoms with Gasteiger partial charge < -0.3 is 10.1 Å². The molecule has 1 heterocycles. The maximum atomic E-state index is 11.7. The normalized spacial score (nSPS) is 27.3. The van der Waals surface area contributed by atoms with Gasteiger partial charge in [0, 0.05) is 12.6 Å². The van der Waals surface area contributed by atoms with Crippen LogP contribution in [0.25, 0.3) is 0 Å². The van der Waals surface area contributed by atoms with Crippen LogP contribution < -0.4 is 5.32 Å². The summed E-state index contributed by atoms with van der Waals surface area (Å²) >= 11 is 0. The minimum Gasteiger partial charge on any atom is -0.469 e. The molecule has 1 amide bonds. The van der Waals surface area contributed by atoms with Gasteiger partial charge in [-0.3, -0.25) is 14.5 Å². The van der Waals surface area contributed by atoms with E-state index in [1.165, 1.54) is 7.11 Å². The van der Waals surface area contributed by atoms with Gasteiger partial charge in [-0.2, -0.15) is 0 Å². The number of amides is 1. The summed E-state index contributed by atoms with van der Waals surface area (Å²) in [6.45, 7) is 5.48. The lowest BCUT2D eigenvalue weighted by Crippen LogP contribution is -2.59. The van der Waals surface area contributed by atoms with Gasteiger partial charge in [0.05, 0.1) is 19.6 Å². The Labute approximate surface area is 89.8 Å². The summed E-state index contributed by atoms with van der Waals surface area (Å²) in [4.78, 5) is 24.8. The molecule has 0 bridgehead atoms. The molecule has 2 atom stereocenters. The first-order chi connectivity index (χ1) is 7.08. The van der Waals surface area contributed by atoms with Gasteiger partial charge >= 0.3 is 5.97 Å². The van der Waals surface area contributed by atoms with Crippen molar-refractivity contribution in [1.29, 1.82) is 0 Å². The Bertz CT molecular complexity index is 255. The maximum absolute atomic E-state index is 11.7. The van der Waals surface area contributed by atoms with Gasteiger partial charge in [0.2, 0.25) is 5.91 Å². The van der Waals surface area contributed by atoms with Crippen molar-refractivity contribution >= 4 is 11.9 Å². The lowest BCUT2D eigenvalue weighted by Gasteiger charge is -2.37. The van der Waals surface area contributed by atoms with Crippen molar-refractivity contribution in [2.45, 2.75) is 32.4 Å². The van der Waals surface area contributed by atoms with E-state index in [9.17, 15) is 9.59 Å². The number of carbonyl (C=O) groups excluding carboxylic acids is 2. The molecule has 0 spiro atoms. The van der Waals surface area contributed by atoms with Crippen molar-refractivity contribution in [2.24, 2.45) is 0 Å². The second-order valence-electron chi connectivity index (χ2n) is 3.79. The Balaban J connectivity index is 2.65. The quantitative estimate of drug-likeness (QED) is 0.659. The third kappa shape index (κ3) is 2.92. The molecule has 0 aromatic carbocycles. The minimum atomic E-state index is -0.376. The number of nitrogens with zero attached hydrogens (tertiary/aromatic N) is 1. The van der Waals surface area contributed by atoms with E-state index in [2.05, 4.69) is 10.1 Å². The van der Waals surface area contributed by atoms with E-state index in [0.29, 0.717) is 0 Å². The highest BCUT2D eigenvalue weighted by molar-refractivity contribution is 5.87. The highest BCUT2D eigenvalue weighted by Gasteiger charge is 2.33. The number of hydrogen-bond donors (Lipinski definition) is 1. The third-order valence-corrected chi connectivity index (χ3v) is 2.63. The number of esters is 1. The molecule has 0 aliphatic carbocycles. The molecular formula is C10H18N2O3. The first kappa shape index (κ1) is 12.0. The molecule has 1 N–H and O–H groups in total. The summed E-state index contributed by atoms with van der Waals surface area (Å²) in [5.41, 5.74) is 0. The lowest BCUT2D eigenvalue weighted by molar-refractivity contribution is -0.146. The van der Waals surface area contributed by atoms with E-state index in [1.807, 2.05) is 18.7 Å². The molecular weight excluding hydrogens is 196 g/mol. The topological polar surface area (TPSA) is 58.6 Å². The monoisotopic (exact) mass is 214 g/mol. The van der Waals surface area contributed by atoms with Gasteiger partial charge in [-0.15, -0.1) is 0 Å². The molecule has 1 saturated heterocycles. The SMILES string of the molecule is CCN1CC(C)NC(=O)C1CC(=O)OC. The van der Waals surface area contributed by atoms with Crippen LogP contribution in [0.3, 0.4) is 0 Å². The average molecular weight is 214 g/mol. The number of hydrogen-bond acceptors (Lipinski definition) is 4. The van der Waals surface area contributed by atoms with E-state index in [4.69, 9.17) is 0 Å². The van der Waals surface area contributed by atoms with Gasteiger partial charge in [0.25, 0.3) is 0 Å². The number of nitrogens with one attached hydrogen (secondary N) is 1. The Morgan fingerprint density at radius 3 is 2.87 bits per heavy atom. The predicted octanol–water partition coefficient (Wildman–Crippen LogP) is -0.242. The summed E-state index contributed by atoms with van der Waals surface area (Å²) in [6.07, 6.45) is 0.128. The number of carbonyl (C=O) groups is 2. The maximum Gasteiger partial charge on any atom is 0.307 e.